The molecule has 106 valence electrons. The molecule has 0 aliphatic carbocycles. The summed E-state index contributed by atoms with van der Waals surface area (Å²) in [6.07, 6.45) is 5.22. The van der Waals surface area contributed by atoms with E-state index < -0.39 is 0 Å². The summed E-state index contributed by atoms with van der Waals surface area (Å²) in [7, 11) is 0. The van der Waals surface area contributed by atoms with Crippen molar-refractivity contribution in [2.45, 2.75) is 25.6 Å². The van der Waals surface area contributed by atoms with Crippen LogP contribution in [0.4, 0.5) is 5.69 Å². The lowest BCUT2D eigenvalue weighted by molar-refractivity contribution is -0.116. The summed E-state index contributed by atoms with van der Waals surface area (Å²) in [5.74, 6) is 1.62. The van der Waals surface area contributed by atoms with Gasteiger partial charge in [0.25, 0.3) is 0 Å². The van der Waals surface area contributed by atoms with Crippen LogP contribution in [-0.2, 0) is 4.79 Å². The van der Waals surface area contributed by atoms with Crippen LogP contribution in [0.5, 0.6) is 0 Å². The van der Waals surface area contributed by atoms with Gasteiger partial charge in [0.1, 0.15) is 5.82 Å². The maximum absolute atomic E-state index is 12.1. The lowest BCUT2D eigenvalue weighted by atomic mass is 10.1. The molecule has 0 saturated heterocycles. The summed E-state index contributed by atoms with van der Waals surface area (Å²) in [6.45, 7) is 5.87. The number of amides is 1. The predicted octanol–water partition coefficient (Wildman–Crippen LogP) is 2.93. The number of imidazole rings is 1. The van der Waals surface area contributed by atoms with E-state index in [1.165, 1.54) is 0 Å². The van der Waals surface area contributed by atoms with Gasteiger partial charge in [0.2, 0.25) is 5.91 Å². The van der Waals surface area contributed by atoms with Crippen molar-refractivity contribution in [1.82, 2.24) is 14.5 Å². The van der Waals surface area contributed by atoms with Gasteiger partial charge >= 0.3 is 0 Å². The Kier molecular flexibility index (Phi) is 4.54. The second-order valence-electron chi connectivity index (χ2n) is 4.85. The summed E-state index contributed by atoms with van der Waals surface area (Å²) in [5.41, 5.74) is 0.670. The van der Waals surface area contributed by atoms with Crippen LogP contribution in [0.2, 0.25) is 0 Å². The number of aryl methyl sites for hydroxylation is 1. The Bertz CT molecular complexity index is 609. The van der Waals surface area contributed by atoms with E-state index in [2.05, 4.69) is 31.2 Å². The number of nitrogens with zero attached hydrogens (tertiary/aromatic N) is 3. The number of carbonyl (C=O) groups excluding carboxylic acids is 1. The molecular formula is C14H17BrN4O. The molecule has 0 aliphatic rings. The molecule has 2 heterocycles. The van der Waals surface area contributed by atoms with Gasteiger partial charge < -0.3 is 5.32 Å². The van der Waals surface area contributed by atoms with Crippen LogP contribution in [0.3, 0.4) is 0 Å². The quantitative estimate of drug-likeness (QED) is 0.873. The maximum Gasteiger partial charge on any atom is 0.238 e. The molecule has 5 nitrogen and oxygen atoms in total. The van der Waals surface area contributed by atoms with E-state index in [1.54, 1.807) is 18.5 Å². The molecule has 0 fully saturated rings. The van der Waals surface area contributed by atoms with Crippen molar-refractivity contribution < 1.29 is 4.79 Å². The number of hydrogen-bond acceptors (Lipinski definition) is 3. The minimum atomic E-state index is -0.237. The van der Waals surface area contributed by atoms with Crippen molar-refractivity contribution in [2.75, 3.05) is 5.32 Å². The summed E-state index contributed by atoms with van der Waals surface area (Å²) >= 11 is 3.40. The topological polar surface area (TPSA) is 59.8 Å². The summed E-state index contributed by atoms with van der Waals surface area (Å²) < 4.78 is 1.84. The van der Waals surface area contributed by atoms with Gasteiger partial charge in [0.05, 0.1) is 10.5 Å². The molecule has 6 heteroatoms. The Morgan fingerprint density at radius 3 is 2.70 bits per heavy atom. The summed E-state index contributed by atoms with van der Waals surface area (Å²) in [4.78, 5) is 20.4. The van der Waals surface area contributed by atoms with Crippen molar-refractivity contribution in [3.8, 4) is 5.82 Å². The molecule has 0 bridgehead atoms. The molecule has 20 heavy (non-hydrogen) atoms. The molecule has 0 radical (unpaired) electrons. The standard InChI is InChI=1S/C14H17BrN4O/c1-9(2)12(15)14(20)18-11-5-4-6-17-13(11)19-8-7-16-10(19)3/h4-9,12H,1-3H3,(H,18,20). The Morgan fingerprint density at radius 1 is 1.35 bits per heavy atom. The highest BCUT2D eigenvalue weighted by Crippen LogP contribution is 2.21. The number of halogens is 1. The lowest BCUT2D eigenvalue weighted by Gasteiger charge is -2.16. The Hall–Kier alpha value is -1.69. The zero-order valence-electron chi connectivity index (χ0n) is 11.7. The van der Waals surface area contributed by atoms with Gasteiger partial charge in [-0.05, 0) is 25.0 Å². The van der Waals surface area contributed by atoms with Crippen molar-refractivity contribution >= 4 is 27.5 Å². The van der Waals surface area contributed by atoms with Crippen LogP contribution in [0, 0.1) is 12.8 Å². The Balaban J connectivity index is 2.30. The number of rotatable bonds is 4. The van der Waals surface area contributed by atoms with Gasteiger partial charge in [0, 0.05) is 18.6 Å². The van der Waals surface area contributed by atoms with Gasteiger partial charge in [-0.15, -0.1) is 0 Å². The normalized spacial score (nSPS) is 12.4. The lowest BCUT2D eigenvalue weighted by Crippen LogP contribution is -2.27. The van der Waals surface area contributed by atoms with Gasteiger partial charge in [-0.3, -0.25) is 9.36 Å². The minimum Gasteiger partial charge on any atom is -0.322 e. The summed E-state index contributed by atoms with van der Waals surface area (Å²) in [5, 5.41) is 2.91. The smallest absolute Gasteiger partial charge is 0.238 e. The van der Waals surface area contributed by atoms with Crippen molar-refractivity contribution in [2.24, 2.45) is 5.92 Å². The van der Waals surface area contributed by atoms with Gasteiger partial charge in [0.15, 0.2) is 5.82 Å². The van der Waals surface area contributed by atoms with E-state index in [1.807, 2.05) is 37.6 Å². The van der Waals surface area contributed by atoms with Gasteiger partial charge in [-0.25, -0.2) is 9.97 Å². The van der Waals surface area contributed by atoms with E-state index in [4.69, 9.17) is 0 Å². The minimum absolute atomic E-state index is 0.0768. The molecule has 1 N–H and O–H groups in total. The number of carbonyl (C=O) groups is 1. The first-order chi connectivity index (χ1) is 9.50. The monoisotopic (exact) mass is 336 g/mol. The fourth-order valence-corrected chi connectivity index (χ4v) is 1.91. The third-order valence-corrected chi connectivity index (χ3v) is 4.41. The third-order valence-electron chi connectivity index (χ3n) is 2.93. The largest absolute Gasteiger partial charge is 0.322 e. The molecule has 0 aliphatic heterocycles. The second-order valence-corrected chi connectivity index (χ2v) is 5.84. The van der Waals surface area contributed by atoms with Crippen molar-refractivity contribution in [1.29, 1.82) is 0 Å². The molecule has 0 saturated carbocycles. The molecule has 2 rings (SSSR count). The van der Waals surface area contributed by atoms with E-state index in [0.29, 0.717) is 11.5 Å². The average Bonchev–Trinajstić information content (AvgIpc) is 2.84. The van der Waals surface area contributed by atoms with Crippen LogP contribution < -0.4 is 5.32 Å². The first-order valence-corrected chi connectivity index (χ1v) is 7.32. The third kappa shape index (κ3) is 3.07. The highest BCUT2D eigenvalue weighted by molar-refractivity contribution is 9.10. The Labute approximate surface area is 126 Å². The fraction of sp³-hybridized carbons (Fsp3) is 0.357. The molecule has 2 aromatic heterocycles. The van der Waals surface area contributed by atoms with Crippen LogP contribution >= 0.6 is 15.9 Å². The highest BCUT2D eigenvalue weighted by Gasteiger charge is 2.20. The first kappa shape index (κ1) is 14.7. The number of aromatic nitrogens is 3. The molecular weight excluding hydrogens is 320 g/mol. The predicted molar refractivity (Wildman–Crippen MR) is 82.3 cm³/mol. The zero-order chi connectivity index (χ0) is 14.7. The number of nitrogens with one attached hydrogen (secondary N) is 1. The SMILES string of the molecule is Cc1nccn1-c1ncccc1NC(=O)C(Br)C(C)C. The van der Waals surface area contributed by atoms with E-state index in [-0.39, 0.29) is 16.7 Å². The van der Waals surface area contributed by atoms with Crippen LogP contribution in [0.25, 0.3) is 5.82 Å². The molecule has 0 aromatic carbocycles. The van der Waals surface area contributed by atoms with Crippen LogP contribution in [-0.4, -0.2) is 25.3 Å². The fourth-order valence-electron chi connectivity index (χ4n) is 1.79. The Morgan fingerprint density at radius 2 is 2.10 bits per heavy atom. The number of alkyl halides is 1. The van der Waals surface area contributed by atoms with Gasteiger partial charge in [-0.2, -0.15) is 0 Å². The highest BCUT2D eigenvalue weighted by atomic mass is 79.9. The first-order valence-electron chi connectivity index (χ1n) is 6.41. The number of pyridine rings is 1. The number of anilines is 1. The molecule has 0 spiro atoms. The van der Waals surface area contributed by atoms with E-state index in [0.717, 1.165) is 5.82 Å². The number of hydrogen-bond donors (Lipinski definition) is 1. The molecule has 1 unspecified atom stereocenters. The summed E-state index contributed by atoms with van der Waals surface area (Å²) in [6, 6.07) is 3.63. The van der Waals surface area contributed by atoms with E-state index in [9.17, 15) is 4.79 Å². The maximum atomic E-state index is 12.1. The molecule has 1 atom stereocenters. The second kappa shape index (κ2) is 6.17. The average molecular weight is 337 g/mol. The van der Waals surface area contributed by atoms with Crippen molar-refractivity contribution in [3.63, 3.8) is 0 Å². The molecule has 2 aromatic rings. The molecule has 1 amide bonds. The van der Waals surface area contributed by atoms with Crippen molar-refractivity contribution in [3.05, 3.63) is 36.5 Å². The van der Waals surface area contributed by atoms with Gasteiger partial charge in [-0.1, -0.05) is 29.8 Å². The van der Waals surface area contributed by atoms with Crippen LogP contribution in [0.1, 0.15) is 19.7 Å². The zero-order valence-corrected chi connectivity index (χ0v) is 13.3. The van der Waals surface area contributed by atoms with E-state index >= 15 is 0 Å². The van der Waals surface area contributed by atoms with Crippen LogP contribution in [0.15, 0.2) is 30.7 Å².